The summed E-state index contributed by atoms with van der Waals surface area (Å²) in [5, 5.41) is 2.82. The van der Waals surface area contributed by atoms with Crippen molar-refractivity contribution in [3.63, 3.8) is 0 Å². The highest BCUT2D eigenvalue weighted by molar-refractivity contribution is 5.92. The van der Waals surface area contributed by atoms with Gasteiger partial charge < -0.3 is 0 Å². The zero-order valence-electron chi connectivity index (χ0n) is 7.81. The molecule has 0 saturated carbocycles. The van der Waals surface area contributed by atoms with Crippen molar-refractivity contribution in [1.82, 2.24) is 0 Å². The van der Waals surface area contributed by atoms with Gasteiger partial charge in [-0.1, -0.05) is 26.8 Å². The van der Waals surface area contributed by atoms with E-state index in [4.69, 9.17) is 0 Å². The van der Waals surface area contributed by atoms with Gasteiger partial charge >= 0.3 is 0 Å². The molecule has 0 N–H and O–H groups in total. The maximum Gasteiger partial charge on any atom is -0.0574 e. The van der Waals surface area contributed by atoms with Crippen molar-refractivity contribution in [2.75, 3.05) is 0 Å². The van der Waals surface area contributed by atoms with Crippen LogP contribution in [0.15, 0.2) is 24.3 Å². The van der Waals surface area contributed by atoms with Gasteiger partial charge in [-0.3, -0.25) is 0 Å². The number of hydrogen-bond acceptors (Lipinski definition) is 0. The standard InChI is InChI=1S/C12H13/c1-8-9(2)11-6-4-5-7-12(11)10(8)3/h4-7H,1-3H3/q-1. The van der Waals surface area contributed by atoms with E-state index in [0.717, 1.165) is 0 Å². The van der Waals surface area contributed by atoms with E-state index in [2.05, 4.69) is 45.0 Å². The maximum absolute atomic E-state index is 2.20. The van der Waals surface area contributed by atoms with Gasteiger partial charge in [0.05, 0.1) is 0 Å². The average Bonchev–Trinajstić information content (AvgIpc) is 2.33. The van der Waals surface area contributed by atoms with Gasteiger partial charge in [-0.05, 0) is 0 Å². The first kappa shape index (κ1) is 7.48. The van der Waals surface area contributed by atoms with Crippen LogP contribution >= 0.6 is 0 Å². The summed E-state index contributed by atoms with van der Waals surface area (Å²) >= 11 is 0. The molecule has 0 fully saturated rings. The van der Waals surface area contributed by atoms with Gasteiger partial charge in [-0.2, -0.15) is 5.56 Å². The molecular formula is C12H13-. The van der Waals surface area contributed by atoms with Crippen molar-refractivity contribution in [3.8, 4) is 0 Å². The molecule has 0 atom stereocenters. The molecule has 0 aliphatic carbocycles. The van der Waals surface area contributed by atoms with Gasteiger partial charge in [0.2, 0.25) is 0 Å². The first-order valence-corrected chi connectivity index (χ1v) is 4.33. The third-order valence-electron chi connectivity index (χ3n) is 2.86. The first-order valence-electron chi connectivity index (χ1n) is 4.33. The maximum atomic E-state index is 2.20. The smallest absolute Gasteiger partial charge is 0.0574 e. The molecule has 0 unspecified atom stereocenters. The zero-order chi connectivity index (χ0) is 8.72. The summed E-state index contributed by atoms with van der Waals surface area (Å²) in [7, 11) is 0. The Morgan fingerprint density at radius 3 is 2.42 bits per heavy atom. The number of rotatable bonds is 0. The molecule has 0 bridgehead atoms. The van der Waals surface area contributed by atoms with E-state index in [1.807, 2.05) is 0 Å². The van der Waals surface area contributed by atoms with E-state index < -0.39 is 0 Å². The van der Waals surface area contributed by atoms with Crippen molar-refractivity contribution >= 4 is 10.8 Å². The summed E-state index contributed by atoms with van der Waals surface area (Å²) in [4.78, 5) is 0. The fourth-order valence-corrected chi connectivity index (χ4v) is 1.82. The lowest BCUT2D eigenvalue weighted by Crippen LogP contribution is -1.72. The van der Waals surface area contributed by atoms with Gasteiger partial charge in [0.25, 0.3) is 0 Å². The lowest BCUT2D eigenvalue weighted by atomic mass is 10.1. The number of aryl methyl sites for hydroxylation is 2. The van der Waals surface area contributed by atoms with Crippen LogP contribution in [0.25, 0.3) is 10.8 Å². The molecule has 0 amide bonds. The Kier molecular flexibility index (Phi) is 1.50. The SMILES string of the molecule is Cc1c(C)[c-](C)c2ccccc12. The molecule has 0 radical (unpaired) electrons. The van der Waals surface area contributed by atoms with Gasteiger partial charge in [0.1, 0.15) is 0 Å². The number of benzene rings is 1. The van der Waals surface area contributed by atoms with E-state index in [1.54, 1.807) is 0 Å². The molecule has 62 valence electrons. The van der Waals surface area contributed by atoms with Gasteiger partial charge in [-0.15, -0.1) is 40.1 Å². The Morgan fingerprint density at radius 1 is 1.08 bits per heavy atom. The monoisotopic (exact) mass is 157 g/mol. The number of hydrogen-bond donors (Lipinski definition) is 0. The predicted molar refractivity (Wildman–Crippen MR) is 53.8 cm³/mol. The molecule has 0 aliphatic rings. The molecular weight excluding hydrogens is 144 g/mol. The minimum absolute atomic E-state index is 1.41. The second kappa shape index (κ2) is 2.41. The van der Waals surface area contributed by atoms with Crippen LogP contribution < -0.4 is 0 Å². The fourth-order valence-electron chi connectivity index (χ4n) is 1.82. The third-order valence-corrected chi connectivity index (χ3v) is 2.86. The molecule has 0 spiro atoms. The minimum atomic E-state index is 1.41. The van der Waals surface area contributed by atoms with Crippen LogP contribution in [0, 0.1) is 20.8 Å². The van der Waals surface area contributed by atoms with Crippen LogP contribution in [-0.2, 0) is 0 Å². The van der Waals surface area contributed by atoms with Gasteiger partial charge in [-0.25, -0.2) is 0 Å². The Labute approximate surface area is 73.2 Å². The van der Waals surface area contributed by atoms with Crippen LogP contribution in [0.4, 0.5) is 0 Å². The van der Waals surface area contributed by atoms with Gasteiger partial charge in [0.15, 0.2) is 0 Å². The molecule has 0 nitrogen and oxygen atoms in total. The van der Waals surface area contributed by atoms with Crippen LogP contribution in [0.2, 0.25) is 0 Å². The van der Waals surface area contributed by atoms with Crippen LogP contribution in [-0.4, -0.2) is 0 Å². The Balaban J connectivity index is 2.99. The van der Waals surface area contributed by atoms with E-state index in [9.17, 15) is 0 Å². The molecule has 0 heterocycles. The van der Waals surface area contributed by atoms with Crippen molar-refractivity contribution in [1.29, 1.82) is 0 Å². The Hall–Kier alpha value is -1.17. The van der Waals surface area contributed by atoms with E-state index >= 15 is 0 Å². The summed E-state index contributed by atoms with van der Waals surface area (Å²) in [5.74, 6) is 0. The van der Waals surface area contributed by atoms with Crippen LogP contribution in [0.3, 0.4) is 0 Å². The van der Waals surface area contributed by atoms with E-state index in [0.29, 0.717) is 0 Å². The highest BCUT2D eigenvalue weighted by Crippen LogP contribution is 2.28. The Morgan fingerprint density at radius 2 is 1.75 bits per heavy atom. The largest absolute Gasteiger partial charge is 0.153 e. The molecule has 0 heteroatoms. The molecule has 2 aromatic rings. The van der Waals surface area contributed by atoms with E-state index in [1.165, 1.54) is 27.5 Å². The van der Waals surface area contributed by atoms with Crippen molar-refractivity contribution in [3.05, 3.63) is 41.0 Å². The molecule has 2 aromatic carbocycles. The van der Waals surface area contributed by atoms with Crippen LogP contribution in [0.1, 0.15) is 16.7 Å². The average molecular weight is 157 g/mol. The minimum Gasteiger partial charge on any atom is -0.153 e. The van der Waals surface area contributed by atoms with E-state index in [-0.39, 0.29) is 0 Å². The second-order valence-corrected chi connectivity index (χ2v) is 3.42. The van der Waals surface area contributed by atoms with Gasteiger partial charge in [0, 0.05) is 0 Å². The normalized spacial score (nSPS) is 10.9. The molecule has 0 saturated heterocycles. The molecule has 0 aromatic heterocycles. The zero-order valence-corrected chi connectivity index (χ0v) is 7.81. The lowest BCUT2D eigenvalue weighted by molar-refractivity contribution is 1.35. The predicted octanol–water partition coefficient (Wildman–Crippen LogP) is 3.48. The highest BCUT2D eigenvalue weighted by Gasteiger charge is 1.97. The summed E-state index contributed by atoms with van der Waals surface area (Å²) < 4.78 is 0. The highest BCUT2D eigenvalue weighted by atomic mass is 14.1. The second-order valence-electron chi connectivity index (χ2n) is 3.42. The lowest BCUT2D eigenvalue weighted by Gasteiger charge is -1.99. The molecule has 2 rings (SSSR count). The quantitative estimate of drug-likeness (QED) is 0.513. The van der Waals surface area contributed by atoms with Crippen molar-refractivity contribution in [2.45, 2.75) is 20.8 Å². The third kappa shape index (κ3) is 0.811. The summed E-state index contributed by atoms with van der Waals surface area (Å²) in [6.45, 7) is 6.60. The summed E-state index contributed by atoms with van der Waals surface area (Å²) in [6.07, 6.45) is 0. The summed E-state index contributed by atoms with van der Waals surface area (Å²) in [5.41, 5.74) is 4.31. The Bertz CT molecular complexity index is 380. The summed E-state index contributed by atoms with van der Waals surface area (Å²) in [6, 6.07) is 8.61. The molecule has 0 aliphatic heterocycles. The van der Waals surface area contributed by atoms with Crippen molar-refractivity contribution < 1.29 is 0 Å². The van der Waals surface area contributed by atoms with Crippen LogP contribution in [0.5, 0.6) is 0 Å². The topological polar surface area (TPSA) is 0 Å². The van der Waals surface area contributed by atoms with Crippen molar-refractivity contribution in [2.24, 2.45) is 0 Å². The number of fused-ring (bicyclic) bond motifs is 1. The first-order chi connectivity index (χ1) is 5.72. The fraction of sp³-hybridized carbons (Fsp3) is 0.250. The molecule has 12 heavy (non-hydrogen) atoms.